The van der Waals surface area contributed by atoms with E-state index in [9.17, 15) is 0 Å². The van der Waals surface area contributed by atoms with Gasteiger partial charge in [0.2, 0.25) is 11.9 Å². The molecule has 0 radical (unpaired) electrons. The van der Waals surface area contributed by atoms with Crippen LogP contribution in [0.15, 0.2) is 112 Å². The summed E-state index contributed by atoms with van der Waals surface area (Å²) in [5.41, 5.74) is 2.62. The minimum absolute atomic E-state index is 0.168. The van der Waals surface area contributed by atoms with Crippen LogP contribution in [0.3, 0.4) is 0 Å². The predicted octanol–water partition coefficient (Wildman–Crippen LogP) is 7.56. The minimum Gasteiger partial charge on any atom is -0.459 e. The van der Waals surface area contributed by atoms with Crippen LogP contribution < -0.4 is 10.6 Å². The van der Waals surface area contributed by atoms with Crippen LogP contribution in [0, 0.1) is 0 Å². The molecule has 0 aliphatic rings. The zero-order valence-electron chi connectivity index (χ0n) is 18.5. The van der Waals surface area contributed by atoms with Crippen molar-refractivity contribution in [2.24, 2.45) is 10.2 Å². The first-order valence-electron chi connectivity index (χ1n) is 10.8. The number of hydrogen-bond acceptors (Lipinski definition) is 8. The molecular formula is C26H20ClN7O. The van der Waals surface area contributed by atoms with E-state index in [1.165, 1.54) is 0 Å². The van der Waals surface area contributed by atoms with Crippen LogP contribution in [-0.4, -0.2) is 15.0 Å². The maximum Gasteiger partial charge on any atom is 0.275 e. The van der Waals surface area contributed by atoms with Gasteiger partial charge in [-0.2, -0.15) is 20.1 Å². The molecule has 3 aromatic carbocycles. The van der Waals surface area contributed by atoms with E-state index < -0.39 is 0 Å². The molecule has 172 valence electrons. The molecular weight excluding hydrogens is 462 g/mol. The molecule has 2 aromatic heterocycles. The van der Waals surface area contributed by atoms with E-state index in [0.717, 1.165) is 22.7 Å². The van der Waals surface area contributed by atoms with Gasteiger partial charge in [-0.1, -0.05) is 48.0 Å². The smallest absolute Gasteiger partial charge is 0.275 e. The molecule has 5 aromatic rings. The second-order valence-electron chi connectivity index (χ2n) is 7.44. The third-order valence-electron chi connectivity index (χ3n) is 4.86. The second kappa shape index (κ2) is 10.6. The predicted molar refractivity (Wildman–Crippen MR) is 137 cm³/mol. The Bertz CT molecular complexity index is 1360. The van der Waals surface area contributed by atoms with Crippen molar-refractivity contribution >= 4 is 40.8 Å². The molecule has 0 aliphatic heterocycles. The van der Waals surface area contributed by atoms with Crippen molar-refractivity contribution in [2.45, 2.75) is 6.54 Å². The summed E-state index contributed by atoms with van der Waals surface area (Å²) in [6.45, 7) is 0.238. The summed E-state index contributed by atoms with van der Waals surface area (Å²) in [5, 5.41) is 15.5. The van der Waals surface area contributed by atoms with Crippen LogP contribution in [0.2, 0.25) is 5.02 Å². The molecule has 0 spiro atoms. The number of aromatic nitrogens is 3. The minimum atomic E-state index is 0.168. The van der Waals surface area contributed by atoms with Crippen molar-refractivity contribution in [1.29, 1.82) is 0 Å². The third-order valence-corrected chi connectivity index (χ3v) is 5.11. The summed E-state index contributed by atoms with van der Waals surface area (Å²) >= 11 is 5.96. The van der Waals surface area contributed by atoms with Gasteiger partial charge in [0.15, 0.2) is 0 Å². The molecule has 2 heterocycles. The molecule has 8 nitrogen and oxygen atoms in total. The zero-order valence-corrected chi connectivity index (χ0v) is 19.2. The number of anilines is 4. The number of nitrogens with one attached hydrogen (secondary N) is 2. The van der Waals surface area contributed by atoms with Crippen molar-refractivity contribution in [3.8, 4) is 11.3 Å². The number of rotatable bonds is 8. The Labute approximate surface area is 206 Å². The van der Waals surface area contributed by atoms with Crippen LogP contribution in [-0.2, 0) is 6.54 Å². The lowest BCUT2D eigenvalue weighted by atomic mass is 10.2. The van der Waals surface area contributed by atoms with E-state index in [4.69, 9.17) is 16.0 Å². The molecule has 0 saturated heterocycles. The summed E-state index contributed by atoms with van der Waals surface area (Å²) in [6.07, 6.45) is 0. The summed E-state index contributed by atoms with van der Waals surface area (Å²) in [5.74, 6) is 2.26. The largest absolute Gasteiger partial charge is 0.459 e. The van der Waals surface area contributed by atoms with Crippen molar-refractivity contribution in [3.63, 3.8) is 0 Å². The highest BCUT2D eigenvalue weighted by atomic mass is 35.5. The molecule has 2 N–H and O–H groups in total. The Hall–Kier alpha value is -4.56. The van der Waals surface area contributed by atoms with E-state index >= 15 is 0 Å². The molecule has 5 rings (SSSR count). The molecule has 0 bridgehead atoms. The highest BCUT2D eigenvalue weighted by molar-refractivity contribution is 6.30. The normalized spacial score (nSPS) is 11.0. The van der Waals surface area contributed by atoms with Gasteiger partial charge in [-0.05, 0) is 60.7 Å². The van der Waals surface area contributed by atoms with Crippen LogP contribution in [0.5, 0.6) is 0 Å². The average molecular weight is 482 g/mol. The monoisotopic (exact) mass is 481 g/mol. The number of para-hydroxylation sites is 2. The van der Waals surface area contributed by atoms with Gasteiger partial charge in [0.05, 0.1) is 0 Å². The fourth-order valence-electron chi connectivity index (χ4n) is 3.22. The van der Waals surface area contributed by atoms with E-state index in [0.29, 0.717) is 22.7 Å². The lowest BCUT2D eigenvalue weighted by Crippen LogP contribution is -2.03. The maximum atomic E-state index is 5.96. The molecule has 9 heteroatoms. The lowest BCUT2D eigenvalue weighted by Gasteiger charge is -2.08. The molecule has 0 saturated carbocycles. The van der Waals surface area contributed by atoms with Crippen LogP contribution >= 0.6 is 11.6 Å². The molecule has 0 unspecified atom stereocenters. The molecule has 0 amide bonds. The molecule has 35 heavy (non-hydrogen) atoms. The number of halogens is 1. The fourth-order valence-corrected chi connectivity index (χ4v) is 3.35. The first-order valence-corrected chi connectivity index (χ1v) is 11.2. The number of furan rings is 1. The Morgan fingerprint density at radius 2 is 1.29 bits per heavy atom. The Morgan fingerprint density at radius 1 is 0.686 bits per heavy atom. The van der Waals surface area contributed by atoms with Gasteiger partial charge in [0.1, 0.15) is 18.1 Å². The summed E-state index contributed by atoms with van der Waals surface area (Å²) in [6, 6.07) is 30.5. The van der Waals surface area contributed by atoms with Gasteiger partial charge in [0, 0.05) is 22.0 Å². The van der Waals surface area contributed by atoms with E-state index in [1.807, 2.05) is 97.1 Å². The van der Waals surface area contributed by atoms with Crippen molar-refractivity contribution in [3.05, 3.63) is 108 Å². The van der Waals surface area contributed by atoms with Gasteiger partial charge in [-0.25, -0.2) is 0 Å². The number of hydrogen-bond donors (Lipinski definition) is 2. The van der Waals surface area contributed by atoms with Crippen LogP contribution in [0.1, 0.15) is 5.76 Å². The van der Waals surface area contributed by atoms with Crippen LogP contribution in [0.25, 0.3) is 11.3 Å². The molecule has 0 atom stereocenters. The summed E-state index contributed by atoms with van der Waals surface area (Å²) in [7, 11) is 0. The van der Waals surface area contributed by atoms with Crippen molar-refractivity contribution in [1.82, 2.24) is 15.0 Å². The topological polar surface area (TPSA) is 101 Å². The Kier molecular flexibility index (Phi) is 6.72. The zero-order chi connectivity index (χ0) is 23.9. The average Bonchev–Trinajstić information content (AvgIpc) is 3.35. The van der Waals surface area contributed by atoms with Crippen molar-refractivity contribution < 1.29 is 4.42 Å². The van der Waals surface area contributed by atoms with E-state index in [2.05, 4.69) is 35.8 Å². The van der Waals surface area contributed by atoms with E-state index in [-0.39, 0.29) is 12.5 Å². The summed E-state index contributed by atoms with van der Waals surface area (Å²) < 4.78 is 5.88. The maximum absolute atomic E-state index is 5.96. The number of benzene rings is 3. The first kappa shape index (κ1) is 22.2. The number of nitrogens with zero attached hydrogens (tertiary/aromatic N) is 5. The van der Waals surface area contributed by atoms with Gasteiger partial charge < -0.3 is 15.1 Å². The van der Waals surface area contributed by atoms with Crippen molar-refractivity contribution in [2.75, 3.05) is 10.6 Å². The Morgan fingerprint density at radius 3 is 1.89 bits per heavy atom. The Balaban J connectivity index is 1.34. The van der Waals surface area contributed by atoms with Gasteiger partial charge >= 0.3 is 0 Å². The number of azo groups is 1. The second-order valence-corrected chi connectivity index (χ2v) is 7.87. The highest BCUT2D eigenvalue weighted by Gasteiger charge is 2.08. The molecule has 0 fully saturated rings. The molecule has 0 aliphatic carbocycles. The first-order chi connectivity index (χ1) is 17.2. The SMILES string of the molecule is Clc1ccc(-c2ccc(CN=Nc3nc(Nc4ccccc4)nc(Nc4ccccc4)n3)o2)cc1. The standard InChI is InChI=1S/C26H20ClN7O/c27-19-13-11-18(12-14-19)23-16-15-22(35-23)17-28-34-26-32-24(29-20-7-3-1-4-8-20)31-25(33-26)30-21-9-5-2-6-10-21/h1-16H,17H2,(H2,29,30,31,32,33). The highest BCUT2D eigenvalue weighted by Crippen LogP contribution is 2.25. The third kappa shape index (κ3) is 6.07. The lowest BCUT2D eigenvalue weighted by molar-refractivity contribution is 0.522. The van der Waals surface area contributed by atoms with Gasteiger partial charge in [-0.3, -0.25) is 0 Å². The van der Waals surface area contributed by atoms with E-state index in [1.54, 1.807) is 0 Å². The summed E-state index contributed by atoms with van der Waals surface area (Å²) in [4.78, 5) is 13.2. The fraction of sp³-hybridized carbons (Fsp3) is 0.0385. The van der Waals surface area contributed by atoms with Crippen LogP contribution in [0.4, 0.5) is 29.2 Å². The quantitative estimate of drug-likeness (QED) is 0.222. The van der Waals surface area contributed by atoms with Gasteiger partial charge in [-0.15, -0.1) is 5.11 Å². The van der Waals surface area contributed by atoms with Gasteiger partial charge in [0.25, 0.3) is 5.95 Å².